The largest absolute Gasteiger partial charge is 0.323 e. The molecule has 0 aliphatic heterocycles. The molecule has 1 heterocycles. The highest BCUT2D eigenvalue weighted by Gasteiger charge is 2.49. The first-order valence-electron chi connectivity index (χ1n) is 7.45. The average Bonchev–Trinajstić information content (AvgIpc) is 3.36. The molecule has 2 nitrogen and oxygen atoms in total. The molecular weight excluding hydrogens is 256 g/mol. The molecule has 0 amide bonds. The first-order valence-corrected chi connectivity index (χ1v) is 7.45. The smallest absolute Gasteiger partial charge is 0.0705 e. The molecule has 0 saturated heterocycles. The van der Waals surface area contributed by atoms with Crippen LogP contribution in [0.15, 0.2) is 66.9 Å². The number of hydrogen-bond acceptors (Lipinski definition) is 2. The quantitative estimate of drug-likeness (QED) is 0.785. The van der Waals surface area contributed by atoms with Gasteiger partial charge in [-0.05, 0) is 36.1 Å². The zero-order valence-electron chi connectivity index (χ0n) is 11.9. The minimum atomic E-state index is 0.0336. The van der Waals surface area contributed by atoms with Gasteiger partial charge in [0.25, 0.3) is 0 Å². The van der Waals surface area contributed by atoms with Crippen molar-refractivity contribution in [2.24, 2.45) is 5.73 Å². The molecule has 0 bridgehead atoms. The van der Waals surface area contributed by atoms with Crippen molar-refractivity contribution in [1.82, 2.24) is 4.98 Å². The van der Waals surface area contributed by atoms with Gasteiger partial charge < -0.3 is 5.73 Å². The summed E-state index contributed by atoms with van der Waals surface area (Å²) in [6.45, 7) is 0. The molecule has 1 aromatic heterocycles. The van der Waals surface area contributed by atoms with Crippen LogP contribution in [0.2, 0.25) is 0 Å². The predicted molar refractivity (Wildman–Crippen MR) is 86.0 cm³/mol. The highest BCUT2D eigenvalue weighted by Crippen LogP contribution is 2.55. The molecular formula is C19H18N2. The van der Waals surface area contributed by atoms with Gasteiger partial charge in [-0.1, -0.05) is 48.5 Å². The van der Waals surface area contributed by atoms with E-state index in [0.717, 1.165) is 10.9 Å². The Labute approximate surface area is 124 Å². The topological polar surface area (TPSA) is 38.9 Å². The van der Waals surface area contributed by atoms with E-state index in [1.54, 1.807) is 0 Å². The van der Waals surface area contributed by atoms with Crippen molar-refractivity contribution >= 4 is 10.9 Å². The van der Waals surface area contributed by atoms with E-state index in [4.69, 9.17) is 5.73 Å². The van der Waals surface area contributed by atoms with Gasteiger partial charge in [0.15, 0.2) is 0 Å². The molecule has 4 rings (SSSR count). The van der Waals surface area contributed by atoms with E-state index in [0.29, 0.717) is 0 Å². The van der Waals surface area contributed by atoms with E-state index in [1.807, 2.05) is 12.3 Å². The summed E-state index contributed by atoms with van der Waals surface area (Å²) in [7, 11) is 0. The highest BCUT2D eigenvalue weighted by molar-refractivity contribution is 5.79. The van der Waals surface area contributed by atoms with Crippen molar-refractivity contribution in [2.45, 2.75) is 24.3 Å². The van der Waals surface area contributed by atoms with Crippen LogP contribution in [0.25, 0.3) is 10.9 Å². The maximum Gasteiger partial charge on any atom is 0.0705 e. The van der Waals surface area contributed by atoms with Crippen LogP contribution in [-0.2, 0) is 5.41 Å². The third kappa shape index (κ3) is 2.03. The highest BCUT2D eigenvalue weighted by atomic mass is 14.7. The second-order valence-corrected chi connectivity index (χ2v) is 5.96. The predicted octanol–water partition coefficient (Wildman–Crippen LogP) is 3.97. The number of pyridine rings is 1. The summed E-state index contributed by atoms with van der Waals surface area (Å²) >= 11 is 0. The summed E-state index contributed by atoms with van der Waals surface area (Å²) in [4.78, 5) is 4.44. The Kier molecular flexibility index (Phi) is 2.79. The standard InChI is InChI=1S/C19H18N2/c20-18(19(10-11-19)16-6-2-1-3-7-16)15-9-8-14-5-4-12-21-17(14)13-15/h1-9,12-13,18H,10-11,20H2. The molecule has 2 aromatic carbocycles. The third-order valence-electron chi connectivity index (χ3n) is 4.72. The summed E-state index contributed by atoms with van der Waals surface area (Å²) in [5.41, 5.74) is 10.3. The van der Waals surface area contributed by atoms with Gasteiger partial charge in [0.2, 0.25) is 0 Å². The number of hydrogen-bond donors (Lipinski definition) is 1. The van der Waals surface area contributed by atoms with Crippen LogP contribution >= 0.6 is 0 Å². The lowest BCUT2D eigenvalue weighted by Gasteiger charge is -2.24. The molecule has 2 heteroatoms. The normalized spacial score (nSPS) is 17.6. The maximum atomic E-state index is 6.63. The van der Waals surface area contributed by atoms with Gasteiger partial charge in [0.05, 0.1) is 5.52 Å². The Hall–Kier alpha value is -2.19. The zero-order valence-corrected chi connectivity index (χ0v) is 11.9. The average molecular weight is 274 g/mol. The van der Waals surface area contributed by atoms with E-state index in [2.05, 4.69) is 59.6 Å². The van der Waals surface area contributed by atoms with Gasteiger partial charge >= 0.3 is 0 Å². The molecule has 1 aliphatic rings. The first kappa shape index (κ1) is 12.5. The molecule has 2 N–H and O–H groups in total. The van der Waals surface area contributed by atoms with Gasteiger partial charge in [0.1, 0.15) is 0 Å². The van der Waals surface area contributed by atoms with Crippen molar-refractivity contribution in [1.29, 1.82) is 0 Å². The molecule has 1 fully saturated rings. The van der Waals surface area contributed by atoms with Gasteiger partial charge in [-0.25, -0.2) is 0 Å². The molecule has 104 valence electrons. The zero-order chi connectivity index (χ0) is 14.3. The van der Waals surface area contributed by atoms with Crippen LogP contribution in [0, 0.1) is 0 Å². The second kappa shape index (κ2) is 4.68. The molecule has 21 heavy (non-hydrogen) atoms. The fourth-order valence-corrected chi connectivity index (χ4v) is 3.28. The van der Waals surface area contributed by atoms with Gasteiger partial charge in [-0.3, -0.25) is 4.98 Å². The van der Waals surface area contributed by atoms with Crippen molar-refractivity contribution in [3.63, 3.8) is 0 Å². The van der Waals surface area contributed by atoms with Gasteiger partial charge in [-0.2, -0.15) is 0 Å². The Morgan fingerprint density at radius 3 is 2.52 bits per heavy atom. The summed E-state index contributed by atoms with van der Waals surface area (Å²) < 4.78 is 0. The maximum absolute atomic E-state index is 6.63. The van der Waals surface area contributed by atoms with E-state index in [9.17, 15) is 0 Å². The van der Waals surface area contributed by atoms with Gasteiger partial charge in [-0.15, -0.1) is 0 Å². The lowest BCUT2D eigenvalue weighted by atomic mass is 9.84. The van der Waals surface area contributed by atoms with Crippen molar-refractivity contribution in [2.75, 3.05) is 0 Å². The number of fused-ring (bicyclic) bond motifs is 1. The lowest BCUT2D eigenvalue weighted by Crippen LogP contribution is -2.26. The Morgan fingerprint density at radius 2 is 1.76 bits per heavy atom. The fraction of sp³-hybridized carbons (Fsp3) is 0.211. The minimum Gasteiger partial charge on any atom is -0.323 e. The number of nitrogens with zero attached hydrogens (tertiary/aromatic N) is 1. The number of nitrogens with two attached hydrogens (primary N) is 1. The molecule has 1 unspecified atom stereocenters. The fourth-order valence-electron chi connectivity index (χ4n) is 3.28. The van der Waals surface area contributed by atoms with Gasteiger partial charge in [0, 0.05) is 23.0 Å². The molecule has 3 aromatic rings. The number of rotatable bonds is 3. The van der Waals surface area contributed by atoms with Crippen molar-refractivity contribution < 1.29 is 0 Å². The Morgan fingerprint density at radius 1 is 0.952 bits per heavy atom. The molecule has 0 radical (unpaired) electrons. The van der Waals surface area contributed by atoms with Crippen molar-refractivity contribution in [3.05, 3.63) is 78.0 Å². The number of aromatic nitrogens is 1. The summed E-state index contributed by atoms with van der Waals surface area (Å²) in [6, 6.07) is 21.2. The van der Waals surface area contributed by atoms with Crippen LogP contribution in [0.4, 0.5) is 0 Å². The second-order valence-electron chi connectivity index (χ2n) is 5.96. The minimum absolute atomic E-state index is 0.0336. The lowest BCUT2D eigenvalue weighted by molar-refractivity contribution is 0.542. The molecule has 1 aliphatic carbocycles. The van der Waals surface area contributed by atoms with Crippen molar-refractivity contribution in [3.8, 4) is 0 Å². The third-order valence-corrected chi connectivity index (χ3v) is 4.72. The van der Waals surface area contributed by atoms with Crippen LogP contribution in [0.1, 0.15) is 30.0 Å². The SMILES string of the molecule is NC(c1ccc2cccnc2c1)C1(c2ccccc2)CC1. The molecule has 0 spiro atoms. The molecule has 1 saturated carbocycles. The van der Waals surface area contributed by atoms with E-state index >= 15 is 0 Å². The van der Waals surface area contributed by atoms with Crippen LogP contribution in [-0.4, -0.2) is 4.98 Å². The summed E-state index contributed by atoms with van der Waals surface area (Å²) in [6.07, 6.45) is 4.17. The summed E-state index contributed by atoms with van der Waals surface area (Å²) in [5.74, 6) is 0. The van der Waals surface area contributed by atoms with Crippen LogP contribution < -0.4 is 5.73 Å². The van der Waals surface area contributed by atoms with Crippen LogP contribution in [0.5, 0.6) is 0 Å². The Balaban J connectivity index is 1.75. The van der Waals surface area contributed by atoms with E-state index in [1.165, 1.54) is 24.0 Å². The molecule has 1 atom stereocenters. The monoisotopic (exact) mass is 274 g/mol. The first-order chi connectivity index (χ1) is 10.3. The van der Waals surface area contributed by atoms with Crippen LogP contribution in [0.3, 0.4) is 0 Å². The van der Waals surface area contributed by atoms with E-state index in [-0.39, 0.29) is 11.5 Å². The summed E-state index contributed by atoms with van der Waals surface area (Å²) in [5, 5.41) is 1.16. The number of benzene rings is 2. The van der Waals surface area contributed by atoms with E-state index < -0.39 is 0 Å². The Bertz CT molecular complexity index is 776.